The molecule has 2 aromatic rings. The number of phenolic OH excluding ortho intramolecular Hbond substituents is 1. The zero-order valence-electron chi connectivity index (χ0n) is 15.4. The number of likely N-dealkylation sites (N-methyl/N-ethyl adjacent to an activating group) is 1. The average Bonchev–Trinajstić information content (AvgIpc) is 2.86. The van der Waals surface area contributed by atoms with E-state index in [1.54, 1.807) is 19.3 Å². The number of benzene rings is 1. The third kappa shape index (κ3) is 1.98. The van der Waals surface area contributed by atoms with E-state index in [-0.39, 0.29) is 17.7 Å². The maximum absolute atomic E-state index is 12.2. The van der Waals surface area contributed by atoms with Crippen LogP contribution >= 0.6 is 0 Å². The van der Waals surface area contributed by atoms with Gasteiger partial charge in [-0.15, -0.1) is 0 Å². The van der Waals surface area contributed by atoms with E-state index < -0.39 is 0 Å². The number of ketones is 1. The molecule has 1 N–H and O–H groups in total. The molecule has 1 aromatic carbocycles. The third-order valence-electron chi connectivity index (χ3n) is 6.87. The lowest BCUT2D eigenvalue weighted by Crippen LogP contribution is -2.55. The summed E-state index contributed by atoms with van der Waals surface area (Å²) in [6.07, 6.45) is 3.57. The molecule has 1 aromatic heterocycles. The van der Waals surface area contributed by atoms with Crippen LogP contribution in [0.2, 0.25) is 0 Å². The maximum atomic E-state index is 12.2. The molecule has 26 heavy (non-hydrogen) atoms. The smallest absolute Gasteiger partial charge is 0.159 e. The van der Waals surface area contributed by atoms with Crippen molar-refractivity contribution in [2.45, 2.75) is 31.8 Å². The number of Topliss-reactive ketones (excluding diaryl/α,β-unsaturated/α-hetero) is 1. The van der Waals surface area contributed by atoms with Crippen LogP contribution in [0.1, 0.15) is 30.6 Å². The van der Waals surface area contributed by atoms with Crippen LogP contribution in [0.15, 0.2) is 30.0 Å². The van der Waals surface area contributed by atoms with Crippen LogP contribution in [-0.4, -0.2) is 40.1 Å². The predicted molar refractivity (Wildman–Crippen MR) is 98.9 cm³/mol. The number of phenols is 1. The minimum Gasteiger partial charge on any atom is -0.508 e. The molecule has 5 nitrogen and oxygen atoms in total. The van der Waals surface area contributed by atoms with Gasteiger partial charge in [-0.05, 0) is 56.5 Å². The summed E-state index contributed by atoms with van der Waals surface area (Å²) >= 11 is 0. The number of aryl methyl sites for hydroxylation is 1. The molecule has 136 valence electrons. The van der Waals surface area contributed by atoms with Crippen LogP contribution in [0.25, 0.3) is 10.9 Å². The highest BCUT2D eigenvalue weighted by molar-refractivity contribution is 5.94. The summed E-state index contributed by atoms with van der Waals surface area (Å²) in [5.41, 5.74) is 4.69. The average molecular weight is 352 g/mol. The van der Waals surface area contributed by atoms with Crippen molar-refractivity contribution in [3.63, 3.8) is 0 Å². The minimum absolute atomic E-state index is 0.129. The summed E-state index contributed by atoms with van der Waals surface area (Å²) in [7, 11) is 4.32. The minimum atomic E-state index is 0.129. The summed E-state index contributed by atoms with van der Waals surface area (Å²) < 4.78 is 7.97. The van der Waals surface area contributed by atoms with Gasteiger partial charge in [-0.2, -0.15) is 0 Å². The molecule has 4 atom stereocenters. The SMILES string of the molecule is CC(=O)C1=COCC2C1CC1c3c(c4cc(O)ccc4n3C)CC2N1C. The lowest BCUT2D eigenvalue weighted by molar-refractivity contribution is -0.116. The normalized spacial score (nSPS) is 30.3. The molecule has 5 rings (SSSR count). The first kappa shape index (κ1) is 15.9. The topological polar surface area (TPSA) is 54.7 Å². The second-order valence-electron chi connectivity index (χ2n) is 8.05. The van der Waals surface area contributed by atoms with Crippen molar-refractivity contribution in [3.8, 4) is 5.75 Å². The number of carbonyl (C=O) groups excluding carboxylic acids is 1. The monoisotopic (exact) mass is 352 g/mol. The summed E-state index contributed by atoms with van der Waals surface area (Å²) in [4.78, 5) is 14.6. The number of nitrogens with zero attached hydrogens (tertiary/aromatic N) is 2. The van der Waals surface area contributed by atoms with Gasteiger partial charge in [-0.3, -0.25) is 9.69 Å². The second-order valence-corrected chi connectivity index (χ2v) is 8.05. The van der Waals surface area contributed by atoms with E-state index in [0.29, 0.717) is 24.3 Å². The number of rotatable bonds is 1. The van der Waals surface area contributed by atoms with Gasteiger partial charge in [0.1, 0.15) is 5.75 Å². The lowest BCUT2D eigenvalue weighted by atomic mass is 9.67. The van der Waals surface area contributed by atoms with Crippen LogP contribution in [0.3, 0.4) is 0 Å². The molecule has 1 fully saturated rings. The summed E-state index contributed by atoms with van der Waals surface area (Å²) in [6, 6.07) is 6.29. The first-order valence-corrected chi connectivity index (χ1v) is 9.32. The number of ether oxygens (including phenoxy) is 1. The van der Waals surface area contributed by atoms with Crippen molar-refractivity contribution in [2.75, 3.05) is 13.7 Å². The highest BCUT2D eigenvalue weighted by atomic mass is 16.5. The quantitative estimate of drug-likeness (QED) is 0.857. The van der Waals surface area contributed by atoms with E-state index in [2.05, 4.69) is 23.6 Å². The molecule has 4 heterocycles. The molecule has 0 amide bonds. The molecule has 4 unspecified atom stereocenters. The number of allylic oxidation sites excluding steroid dienone is 1. The Kier molecular flexibility index (Phi) is 3.29. The fourth-order valence-corrected chi connectivity index (χ4v) is 5.62. The first-order valence-electron chi connectivity index (χ1n) is 9.32. The van der Waals surface area contributed by atoms with Gasteiger partial charge >= 0.3 is 0 Å². The number of hydrogen-bond acceptors (Lipinski definition) is 4. The van der Waals surface area contributed by atoms with Crippen LogP contribution in [0.4, 0.5) is 0 Å². The van der Waals surface area contributed by atoms with Crippen LogP contribution in [0.5, 0.6) is 5.75 Å². The zero-order valence-corrected chi connectivity index (χ0v) is 15.4. The number of fused-ring (bicyclic) bond motifs is 8. The molecule has 0 aliphatic carbocycles. The highest BCUT2D eigenvalue weighted by Gasteiger charge is 2.50. The summed E-state index contributed by atoms with van der Waals surface area (Å²) in [5.74, 6) is 1.05. The Morgan fingerprint density at radius 1 is 1.31 bits per heavy atom. The second kappa shape index (κ2) is 5.36. The van der Waals surface area contributed by atoms with E-state index in [1.807, 2.05) is 12.1 Å². The predicted octanol–water partition coefficient (Wildman–Crippen LogP) is 2.92. The standard InChI is InChI=1S/C21H24N2O3/c1-11(24)16-9-26-10-17-13(16)7-20-21-15(8-19(17)22(20)2)14-6-12(25)4-5-18(14)23(21)3/h4-6,9,13,17,19-20,25H,7-8,10H2,1-3H3. The molecular weight excluding hydrogens is 328 g/mol. The van der Waals surface area contributed by atoms with E-state index in [9.17, 15) is 9.90 Å². The zero-order chi connectivity index (χ0) is 18.2. The summed E-state index contributed by atoms with van der Waals surface area (Å²) in [6.45, 7) is 2.32. The van der Waals surface area contributed by atoms with Gasteiger partial charge in [0, 0.05) is 41.2 Å². The van der Waals surface area contributed by atoms with E-state index >= 15 is 0 Å². The number of aromatic nitrogens is 1. The Labute approximate surface area is 152 Å². The van der Waals surface area contributed by atoms with Crippen molar-refractivity contribution >= 4 is 16.7 Å². The largest absolute Gasteiger partial charge is 0.508 e. The fourth-order valence-electron chi connectivity index (χ4n) is 5.62. The molecule has 2 bridgehead atoms. The Balaban J connectivity index is 1.68. The molecule has 3 aliphatic rings. The maximum Gasteiger partial charge on any atom is 0.159 e. The van der Waals surface area contributed by atoms with Crippen molar-refractivity contribution in [3.05, 3.63) is 41.3 Å². The first-order chi connectivity index (χ1) is 12.5. The molecule has 3 aliphatic heterocycles. The molecule has 0 radical (unpaired) electrons. The van der Waals surface area contributed by atoms with Crippen LogP contribution in [0, 0.1) is 11.8 Å². The number of aromatic hydroxyl groups is 1. The van der Waals surface area contributed by atoms with E-state index in [4.69, 9.17) is 4.74 Å². The highest BCUT2D eigenvalue weighted by Crippen LogP contribution is 2.51. The third-order valence-corrected chi connectivity index (χ3v) is 6.87. The van der Waals surface area contributed by atoms with Gasteiger partial charge in [0.15, 0.2) is 5.78 Å². The van der Waals surface area contributed by atoms with Gasteiger partial charge in [0.2, 0.25) is 0 Å². The van der Waals surface area contributed by atoms with Gasteiger partial charge in [-0.25, -0.2) is 0 Å². The van der Waals surface area contributed by atoms with Crippen molar-refractivity contribution in [1.82, 2.24) is 9.47 Å². The van der Waals surface area contributed by atoms with E-state index in [0.717, 1.165) is 29.3 Å². The Hall–Kier alpha value is -2.27. The van der Waals surface area contributed by atoms with Gasteiger partial charge in [-0.1, -0.05) is 0 Å². The van der Waals surface area contributed by atoms with Gasteiger partial charge < -0.3 is 14.4 Å². The molecule has 1 saturated heterocycles. The van der Waals surface area contributed by atoms with Crippen LogP contribution < -0.4 is 0 Å². The van der Waals surface area contributed by atoms with E-state index in [1.165, 1.54) is 11.3 Å². The Bertz CT molecular complexity index is 958. The van der Waals surface area contributed by atoms with Crippen molar-refractivity contribution < 1.29 is 14.6 Å². The molecule has 0 spiro atoms. The molecular formula is C21H24N2O3. The van der Waals surface area contributed by atoms with Gasteiger partial charge in [0.05, 0.1) is 18.9 Å². The number of piperidine rings is 1. The van der Waals surface area contributed by atoms with Crippen molar-refractivity contribution in [1.29, 1.82) is 0 Å². The molecule has 0 saturated carbocycles. The molecule has 5 heteroatoms. The Morgan fingerprint density at radius 3 is 2.88 bits per heavy atom. The van der Waals surface area contributed by atoms with Crippen LogP contribution in [-0.2, 0) is 23.0 Å². The lowest BCUT2D eigenvalue weighted by Gasteiger charge is -2.52. The number of carbonyl (C=O) groups is 1. The van der Waals surface area contributed by atoms with Gasteiger partial charge in [0.25, 0.3) is 0 Å². The fraction of sp³-hybridized carbons (Fsp3) is 0.476. The van der Waals surface area contributed by atoms with Crippen molar-refractivity contribution in [2.24, 2.45) is 18.9 Å². The summed E-state index contributed by atoms with van der Waals surface area (Å²) in [5, 5.41) is 11.2. The Morgan fingerprint density at radius 2 is 2.12 bits per heavy atom. The number of hydrogen-bond donors (Lipinski definition) is 1.